The number of phenols is 1. The number of carbonyl (C=O) groups excluding carboxylic acids is 1. The van der Waals surface area contributed by atoms with E-state index in [0.717, 1.165) is 4.31 Å². The summed E-state index contributed by atoms with van der Waals surface area (Å²) in [6.45, 7) is 0.121. The third-order valence-electron chi connectivity index (χ3n) is 4.19. The smallest absolute Gasteiger partial charge is 0.323 e. The minimum atomic E-state index is -4.13. The number of hydrogen-bond acceptors (Lipinski definition) is 5. The number of para-hydroxylation sites is 1. The Morgan fingerprint density at radius 3 is 2.41 bits per heavy atom. The average molecular weight is 523 g/mol. The lowest BCUT2D eigenvalue weighted by molar-refractivity contribution is 0.262. The van der Waals surface area contributed by atoms with E-state index < -0.39 is 37.9 Å². The van der Waals surface area contributed by atoms with Gasteiger partial charge in [-0.15, -0.1) is 0 Å². The van der Waals surface area contributed by atoms with Crippen molar-refractivity contribution in [1.29, 1.82) is 0 Å². The summed E-state index contributed by atoms with van der Waals surface area (Å²) in [6, 6.07) is 8.84. The molecule has 0 unspecified atom stereocenters. The van der Waals surface area contributed by atoms with Gasteiger partial charge in [-0.05, 0) is 40.2 Å². The number of anilines is 2. The topological polar surface area (TPSA) is 122 Å². The molecule has 0 aliphatic carbocycles. The molecule has 12 heteroatoms. The second-order valence-electron chi connectivity index (χ2n) is 6.08. The van der Waals surface area contributed by atoms with Gasteiger partial charge in [-0.1, -0.05) is 34.9 Å². The van der Waals surface area contributed by atoms with Gasteiger partial charge in [0.05, 0.1) is 29.5 Å². The highest BCUT2D eigenvalue weighted by molar-refractivity contribution is 9.10. The van der Waals surface area contributed by atoms with Crippen molar-refractivity contribution in [3.8, 4) is 5.75 Å². The van der Waals surface area contributed by atoms with Crippen molar-refractivity contribution in [2.24, 2.45) is 0 Å². The SMILES string of the molecule is O=C(Nc1ccccc1Br)Nc1ccc(Cl)c(S(=O)(=O)N2CC[S+]([O-])CC2)c1O. The summed E-state index contributed by atoms with van der Waals surface area (Å²) >= 11 is 8.30. The van der Waals surface area contributed by atoms with Crippen molar-refractivity contribution in [2.75, 3.05) is 35.2 Å². The van der Waals surface area contributed by atoms with Gasteiger partial charge in [0.1, 0.15) is 16.4 Å². The van der Waals surface area contributed by atoms with Gasteiger partial charge >= 0.3 is 6.03 Å². The van der Waals surface area contributed by atoms with E-state index >= 15 is 0 Å². The van der Waals surface area contributed by atoms with Crippen LogP contribution in [0.1, 0.15) is 0 Å². The number of carbonyl (C=O) groups is 1. The minimum Gasteiger partial charge on any atom is -0.616 e. The highest BCUT2D eigenvalue weighted by atomic mass is 79.9. The fourth-order valence-electron chi connectivity index (χ4n) is 2.72. The lowest BCUT2D eigenvalue weighted by atomic mass is 10.3. The average Bonchev–Trinajstić information content (AvgIpc) is 2.66. The van der Waals surface area contributed by atoms with Crippen LogP contribution in [0.5, 0.6) is 5.75 Å². The Balaban J connectivity index is 1.85. The largest absolute Gasteiger partial charge is 0.616 e. The van der Waals surface area contributed by atoms with Crippen LogP contribution in [0.4, 0.5) is 16.2 Å². The lowest BCUT2D eigenvalue weighted by Crippen LogP contribution is -2.43. The normalized spacial score (nSPS) is 15.8. The zero-order valence-corrected chi connectivity index (χ0v) is 18.9. The van der Waals surface area contributed by atoms with Crippen LogP contribution in [0.25, 0.3) is 0 Å². The molecule has 0 aromatic heterocycles. The van der Waals surface area contributed by atoms with Crippen LogP contribution in [0.15, 0.2) is 45.8 Å². The van der Waals surface area contributed by atoms with E-state index in [1.165, 1.54) is 12.1 Å². The van der Waals surface area contributed by atoms with Crippen LogP contribution in [0, 0.1) is 0 Å². The quantitative estimate of drug-likeness (QED) is 0.420. The number of halogens is 2. The number of nitrogens with zero attached hydrogens (tertiary/aromatic N) is 1. The van der Waals surface area contributed by atoms with E-state index in [4.69, 9.17) is 11.6 Å². The van der Waals surface area contributed by atoms with Crippen molar-refractivity contribution < 1.29 is 22.9 Å². The molecule has 0 saturated carbocycles. The standard InChI is InChI=1S/C17H17BrClN3O5S2/c18-11-3-1-2-4-13(11)20-17(24)21-14-6-5-12(19)16(15(14)23)29(26,27)22-7-9-28(25)10-8-22/h1-6,23H,7-10H2,(H2,20,21,24). The maximum atomic E-state index is 13.0. The van der Waals surface area contributed by atoms with Gasteiger partial charge < -0.3 is 20.3 Å². The zero-order chi connectivity index (χ0) is 21.2. The minimum absolute atomic E-state index is 0.0604. The Kier molecular flexibility index (Phi) is 6.97. The summed E-state index contributed by atoms with van der Waals surface area (Å²) in [6.07, 6.45) is 0. The van der Waals surface area contributed by atoms with Gasteiger partial charge in [0.2, 0.25) is 10.0 Å². The molecule has 0 bridgehead atoms. The van der Waals surface area contributed by atoms with Crippen LogP contribution in [-0.2, 0) is 21.2 Å². The molecule has 0 spiro atoms. The summed E-state index contributed by atoms with van der Waals surface area (Å²) < 4.78 is 39.2. The molecule has 3 N–H and O–H groups in total. The first kappa shape index (κ1) is 22.2. The molecule has 156 valence electrons. The molecule has 0 radical (unpaired) electrons. The van der Waals surface area contributed by atoms with Crippen LogP contribution in [-0.4, -0.2) is 53.0 Å². The maximum absolute atomic E-state index is 13.0. The first-order valence-corrected chi connectivity index (χ1v) is 12.5. The summed E-state index contributed by atoms with van der Waals surface area (Å²) in [4.78, 5) is 11.8. The molecule has 1 heterocycles. The first-order chi connectivity index (χ1) is 13.7. The second-order valence-corrected chi connectivity index (χ2v) is 10.9. The Morgan fingerprint density at radius 2 is 1.76 bits per heavy atom. The van der Waals surface area contributed by atoms with Gasteiger partial charge in [-0.3, -0.25) is 0 Å². The number of hydrogen-bond donors (Lipinski definition) is 3. The van der Waals surface area contributed by atoms with E-state index in [1.807, 2.05) is 0 Å². The number of phenolic OH excluding ortho intramolecular Hbond substituents is 1. The van der Waals surface area contributed by atoms with Crippen LogP contribution < -0.4 is 10.6 Å². The Bertz CT molecular complexity index is 1030. The molecule has 1 aliphatic heterocycles. The highest BCUT2D eigenvalue weighted by Crippen LogP contribution is 2.39. The van der Waals surface area contributed by atoms with Crippen molar-refractivity contribution in [2.45, 2.75) is 4.90 Å². The van der Waals surface area contributed by atoms with E-state index in [1.54, 1.807) is 24.3 Å². The van der Waals surface area contributed by atoms with E-state index in [0.29, 0.717) is 10.2 Å². The van der Waals surface area contributed by atoms with Crippen LogP contribution in [0.3, 0.4) is 0 Å². The number of nitrogens with one attached hydrogen (secondary N) is 2. The molecule has 3 rings (SSSR count). The molecule has 1 saturated heterocycles. The number of amides is 2. The van der Waals surface area contributed by atoms with Gasteiger partial charge in [-0.25, -0.2) is 13.2 Å². The molecular weight excluding hydrogens is 506 g/mol. The number of aromatic hydroxyl groups is 1. The molecular formula is C17H17BrClN3O5S2. The Labute approximate surface area is 184 Å². The molecule has 0 atom stereocenters. The monoisotopic (exact) mass is 521 g/mol. The Hall–Kier alpha value is -1.50. The van der Waals surface area contributed by atoms with Gasteiger partial charge in [0, 0.05) is 4.47 Å². The number of rotatable bonds is 4. The predicted molar refractivity (Wildman–Crippen MR) is 117 cm³/mol. The van der Waals surface area contributed by atoms with E-state index in [9.17, 15) is 22.9 Å². The number of sulfonamides is 1. The van der Waals surface area contributed by atoms with Crippen molar-refractivity contribution in [1.82, 2.24) is 4.31 Å². The van der Waals surface area contributed by atoms with E-state index in [-0.39, 0.29) is 35.3 Å². The fraction of sp³-hybridized carbons (Fsp3) is 0.235. The van der Waals surface area contributed by atoms with Gasteiger partial charge in [0.15, 0.2) is 5.75 Å². The number of urea groups is 1. The van der Waals surface area contributed by atoms with Crippen LogP contribution in [0.2, 0.25) is 5.02 Å². The summed E-state index contributed by atoms with van der Waals surface area (Å²) in [7, 11) is -4.13. The summed E-state index contributed by atoms with van der Waals surface area (Å²) in [5.74, 6) is -0.236. The molecule has 29 heavy (non-hydrogen) atoms. The molecule has 1 aliphatic rings. The zero-order valence-electron chi connectivity index (χ0n) is 14.9. The van der Waals surface area contributed by atoms with Crippen molar-refractivity contribution >= 4 is 66.1 Å². The number of benzene rings is 2. The highest BCUT2D eigenvalue weighted by Gasteiger charge is 2.35. The van der Waals surface area contributed by atoms with Gasteiger partial charge in [-0.2, -0.15) is 4.31 Å². The van der Waals surface area contributed by atoms with Crippen molar-refractivity contribution in [3.63, 3.8) is 0 Å². The molecule has 2 aromatic carbocycles. The first-order valence-electron chi connectivity index (χ1n) is 8.39. The molecule has 2 aromatic rings. The third kappa shape index (κ3) is 4.98. The maximum Gasteiger partial charge on any atom is 0.323 e. The lowest BCUT2D eigenvalue weighted by Gasteiger charge is -2.28. The summed E-state index contributed by atoms with van der Waals surface area (Å²) in [5, 5.41) is 15.4. The summed E-state index contributed by atoms with van der Waals surface area (Å²) in [5.41, 5.74) is 0.380. The Morgan fingerprint density at radius 1 is 1.14 bits per heavy atom. The second kappa shape index (κ2) is 9.11. The van der Waals surface area contributed by atoms with Crippen molar-refractivity contribution in [3.05, 3.63) is 45.9 Å². The van der Waals surface area contributed by atoms with E-state index in [2.05, 4.69) is 26.6 Å². The van der Waals surface area contributed by atoms with Gasteiger partial charge in [0.25, 0.3) is 0 Å². The fourth-order valence-corrected chi connectivity index (χ4v) is 6.42. The van der Waals surface area contributed by atoms with Crippen LogP contribution >= 0.6 is 27.5 Å². The predicted octanol–water partition coefficient (Wildman–Crippen LogP) is 3.21. The third-order valence-corrected chi connectivity index (χ3v) is 8.56. The molecule has 1 fully saturated rings. The molecule has 2 amide bonds. The molecule has 8 nitrogen and oxygen atoms in total.